The lowest BCUT2D eigenvalue weighted by Gasteiger charge is -2.19. The van der Waals surface area contributed by atoms with Gasteiger partial charge < -0.3 is 9.64 Å². The van der Waals surface area contributed by atoms with E-state index in [2.05, 4.69) is 5.10 Å². The van der Waals surface area contributed by atoms with Gasteiger partial charge in [0.1, 0.15) is 24.2 Å². The van der Waals surface area contributed by atoms with E-state index < -0.39 is 11.0 Å². The smallest absolute Gasteiger partial charge is 0.307 e. The highest BCUT2D eigenvalue weighted by atomic mass is 16.6. The van der Waals surface area contributed by atoms with E-state index in [0.29, 0.717) is 24.4 Å². The van der Waals surface area contributed by atoms with Gasteiger partial charge in [0.2, 0.25) is 0 Å². The third-order valence-corrected chi connectivity index (χ3v) is 3.67. The molecule has 1 aliphatic heterocycles. The predicted molar refractivity (Wildman–Crippen MR) is 77.9 cm³/mol. The molecule has 8 heteroatoms. The van der Waals surface area contributed by atoms with E-state index in [-0.39, 0.29) is 11.6 Å². The zero-order valence-electron chi connectivity index (χ0n) is 11.9. The van der Waals surface area contributed by atoms with E-state index in [1.54, 1.807) is 18.1 Å². The van der Waals surface area contributed by atoms with E-state index in [4.69, 9.17) is 4.74 Å². The minimum atomic E-state index is -0.529. The Kier molecular flexibility index (Phi) is 3.50. The van der Waals surface area contributed by atoms with Crippen molar-refractivity contribution in [1.82, 2.24) is 9.78 Å². The average molecular weight is 302 g/mol. The summed E-state index contributed by atoms with van der Waals surface area (Å²) in [6.07, 6.45) is 2.98. The summed E-state index contributed by atoms with van der Waals surface area (Å²) in [6, 6.07) is 6.73. The van der Waals surface area contributed by atoms with Crippen LogP contribution in [-0.4, -0.2) is 34.3 Å². The number of hydrogen-bond donors (Lipinski definition) is 0. The van der Waals surface area contributed by atoms with E-state index >= 15 is 0 Å². The summed E-state index contributed by atoms with van der Waals surface area (Å²) in [5.41, 5.74) is 0.572. The number of hydrogen-bond acceptors (Lipinski definition) is 5. The van der Waals surface area contributed by atoms with Crippen molar-refractivity contribution in [3.8, 4) is 5.75 Å². The molecule has 2 heterocycles. The fourth-order valence-electron chi connectivity index (χ4n) is 2.60. The van der Waals surface area contributed by atoms with Gasteiger partial charge in [-0.3, -0.25) is 19.6 Å². The molecule has 0 unspecified atom stereocenters. The first-order valence-corrected chi connectivity index (χ1v) is 6.74. The monoisotopic (exact) mass is 302 g/mol. The molecule has 22 heavy (non-hydrogen) atoms. The van der Waals surface area contributed by atoms with E-state index in [9.17, 15) is 14.9 Å². The standard InChI is InChI=1S/C14H14N4O4/c1-22-13-5-3-2-4-11(13)16-7-6-12(14(16)19)17-9-10(8-15-17)18(20)21/h2-5,8-9,12H,6-7H2,1H3/t12-/m1/s1. The van der Waals surface area contributed by atoms with Crippen molar-refractivity contribution in [3.05, 3.63) is 46.8 Å². The highest BCUT2D eigenvalue weighted by Crippen LogP contribution is 2.34. The van der Waals surface area contributed by atoms with Crippen LogP contribution in [0.15, 0.2) is 36.7 Å². The summed E-state index contributed by atoms with van der Waals surface area (Å²) < 4.78 is 6.63. The van der Waals surface area contributed by atoms with Crippen LogP contribution in [0.2, 0.25) is 0 Å². The Morgan fingerprint density at radius 3 is 2.86 bits per heavy atom. The largest absolute Gasteiger partial charge is 0.495 e. The van der Waals surface area contributed by atoms with Crippen molar-refractivity contribution >= 4 is 17.3 Å². The number of amides is 1. The Hall–Kier alpha value is -2.90. The quantitative estimate of drug-likeness (QED) is 0.634. The number of carbonyl (C=O) groups excluding carboxylic acids is 1. The number of nitro groups is 1. The fraction of sp³-hybridized carbons (Fsp3) is 0.286. The van der Waals surface area contributed by atoms with Gasteiger partial charge in [0.05, 0.1) is 17.7 Å². The van der Waals surface area contributed by atoms with Gasteiger partial charge in [-0.05, 0) is 18.6 Å². The van der Waals surface area contributed by atoms with Gasteiger partial charge in [-0.25, -0.2) is 0 Å². The van der Waals surface area contributed by atoms with E-state index in [1.807, 2.05) is 18.2 Å². The summed E-state index contributed by atoms with van der Waals surface area (Å²) in [4.78, 5) is 24.4. The summed E-state index contributed by atoms with van der Waals surface area (Å²) in [5.74, 6) is 0.463. The van der Waals surface area contributed by atoms with E-state index in [0.717, 1.165) is 6.20 Å². The summed E-state index contributed by atoms with van der Waals surface area (Å²) in [6.45, 7) is 0.511. The van der Waals surface area contributed by atoms with Crippen molar-refractivity contribution in [1.29, 1.82) is 0 Å². The number of carbonyl (C=O) groups is 1. The molecule has 1 saturated heterocycles. The zero-order valence-corrected chi connectivity index (χ0v) is 11.9. The Bertz CT molecular complexity index is 727. The predicted octanol–water partition coefficient (Wildman–Crippen LogP) is 1.78. The molecule has 0 bridgehead atoms. The average Bonchev–Trinajstić information content (AvgIpc) is 3.14. The highest BCUT2D eigenvalue weighted by Gasteiger charge is 2.36. The molecule has 1 aromatic carbocycles. The number of para-hydroxylation sites is 2. The minimum absolute atomic E-state index is 0.122. The number of rotatable bonds is 4. The molecule has 1 aromatic heterocycles. The second-order valence-electron chi connectivity index (χ2n) is 4.90. The molecule has 3 rings (SSSR count). The summed E-state index contributed by atoms with van der Waals surface area (Å²) >= 11 is 0. The van der Waals surface area contributed by atoms with Crippen LogP contribution in [0.1, 0.15) is 12.5 Å². The fourth-order valence-corrected chi connectivity index (χ4v) is 2.60. The lowest BCUT2D eigenvalue weighted by atomic mass is 10.2. The van der Waals surface area contributed by atoms with Crippen LogP contribution < -0.4 is 9.64 Å². The number of anilines is 1. The van der Waals surface area contributed by atoms with Crippen LogP contribution in [0.3, 0.4) is 0 Å². The molecule has 0 saturated carbocycles. The topological polar surface area (TPSA) is 90.5 Å². The molecular formula is C14H14N4O4. The first-order chi connectivity index (χ1) is 10.6. The number of methoxy groups -OCH3 is 1. The SMILES string of the molecule is COc1ccccc1N1CC[C@@H](n2cc([N+](=O)[O-])cn2)C1=O. The number of aromatic nitrogens is 2. The highest BCUT2D eigenvalue weighted by molar-refractivity contribution is 5.99. The summed E-state index contributed by atoms with van der Waals surface area (Å²) in [7, 11) is 1.55. The van der Waals surface area contributed by atoms with Crippen molar-refractivity contribution in [2.45, 2.75) is 12.5 Å². The third kappa shape index (κ3) is 2.28. The molecule has 8 nitrogen and oxygen atoms in total. The van der Waals surface area contributed by atoms with Crippen LogP contribution in [0, 0.1) is 10.1 Å². The lowest BCUT2D eigenvalue weighted by Crippen LogP contribution is -2.28. The maximum absolute atomic E-state index is 12.6. The van der Waals surface area contributed by atoms with Gasteiger partial charge in [-0.15, -0.1) is 0 Å². The second-order valence-corrected chi connectivity index (χ2v) is 4.90. The number of benzene rings is 1. The number of ether oxygens (including phenoxy) is 1. The maximum atomic E-state index is 12.6. The molecule has 1 aliphatic rings. The van der Waals surface area contributed by atoms with Crippen LogP contribution in [-0.2, 0) is 4.79 Å². The molecule has 1 fully saturated rings. The van der Waals surface area contributed by atoms with Gasteiger partial charge >= 0.3 is 5.69 Å². The molecule has 0 aliphatic carbocycles. The molecule has 2 aromatic rings. The lowest BCUT2D eigenvalue weighted by molar-refractivity contribution is -0.385. The van der Waals surface area contributed by atoms with Crippen molar-refractivity contribution in [3.63, 3.8) is 0 Å². The molecular weight excluding hydrogens is 288 g/mol. The molecule has 1 amide bonds. The molecule has 0 radical (unpaired) electrons. The Morgan fingerprint density at radius 1 is 1.41 bits per heavy atom. The van der Waals surface area contributed by atoms with Crippen LogP contribution in [0.4, 0.5) is 11.4 Å². The summed E-state index contributed by atoms with van der Waals surface area (Å²) in [5, 5.41) is 14.7. The van der Waals surface area contributed by atoms with Crippen LogP contribution >= 0.6 is 0 Å². The molecule has 114 valence electrons. The van der Waals surface area contributed by atoms with Gasteiger partial charge in [-0.2, -0.15) is 5.10 Å². The first kappa shape index (κ1) is 14.1. The minimum Gasteiger partial charge on any atom is -0.495 e. The Balaban J connectivity index is 1.87. The second kappa shape index (κ2) is 5.47. The third-order valence-electron chi connectivity index (χ3n) is 3.67. The van der Waals surface area contributed by atoms with Gasteiger partial charge in [0, 0.05) is 6.54 Å². The van der Waals surface area contributed by atoms with E-state index in [1.165, 1.54) is 10.9 Å². The normalized spacial score (nSPS) is 17.8. The molecule has 0 N–H and O–H groups in total. The first-order valence-electron chi connectivity index (χ1n) is 6.74. The van der Waals surface area contributed by atoms with Crippen molar-refractivity contribution in [2.24, 2.45) is 0 Å². The van der Waals surface area contributed by atoms with Gasteiger partial charge in [0.15, 0.2) is 0 Å². The van der Waals surface area contributed by atoms with Crippen LogP contribution in [0.25, 0.3) is 0 Å². The van der Waals surface area contributed by atoms with Crippen LogP contribution in [0.5, 0.6) is 5.75 Å². The van der Waals surface area contributed by atoms with Crippen molar-refractivity contribution < 1.29 is 14.5 Å². The molecule has 1 atom stereocenters. The van der Waals surface area contributed by atoms with Gasteiger partial charge in [-0.1, -0.05) is 12.1 Å². The van der Waals surface area contributed by atoms with Gasteiger partial charge in [0.25, 0.3) is 5.91 Å². The number of nitrogens with zero attached hydrogens (tertiary/aromatic N) is 4. The Labute approximate surface area is 126 Å². The maximum Gasteiger partial charge on any atom is 0.307 e. The molecule has 0 spiro atoms. The van der Waals surface area contributed by atoms with Crippen molar-refractivity contribution in [2.75, 3.05) is 18.6 Å². The zero-order chi connectivity index (χ0) is 15.7. The Morgan fingerprint density at radius 2 is 2.18 bits per heavy atom.